The zero-order chi connectivity index (χ0) is 11.5. The Kier molecular flexibility index (Phi) is 4.55. The van der Waals surface area contributed by atoms with Crippen molar-refractivity contribution in [1.29, 1.82) is 0 Å². The third kappa shape index (κ3) is 3.74. The molecule has 15 heavy (non-hydrogen) atoms. The fourth-order valence-corrected chi connectivity index (χ4v) is 2.64. The van der Waals surface area contributed by atoms with Gasteiger partial charge in [-0.1, -0.05) is 6.92 Å². The molecule has 0 radical (unpaired) electrons. The van der Waals surface area contributed by atoms with Gasteiger partial charge in [-0.3, -0.25) is 4.90 Å². The summed E-state index contributed by atoms with van der Waals surface area (Å²) < 4.78 is 22.8. The van der Waals surface area contributed by atoms with E-state index in [1.165, 1.54) is 0 Å². The van der Waals surface area contributed by atoms with Gasteiger partial charge in [0.05, 0.1) is 5.75 Å². The Hall–Kier alpha value is -0.130. The smallest absolute Gasteiger partial charge is 0.151 e. The summed E-state index contributed by atoms with van der Waals surface area (Å²) in [5.74, 6) is 0.545. The SMILES string of the molecule is CCS(=O)(=O)CCN1CCNC(C)C1C. The standard InChI is InChI=1S/C10H22N2O2S/c1-4-15(13,14)8-7-12-6-5-11-9(2)10(12)3/h9-11H,4-8H2,1-3H3. The maximum atomic E-state index is 11.4. The summed E-state index contributed by atoms with van der Waals surface area (Å²) in [5.41, 5.74) is 0. The molecule has 0 spiro atoms. The molecule has 1 N–H and O–H groups in total. The minimum atomic E-state index is -2.82. The Labute approximate surface area is 93.0 Å². The molecule has 0 aromatic carbocycles. The molecule has 1 aliphatic rings. The summed E-state index contributed by atoms with van der Waals surface area (Å²) in [7, 11) is -2.82. The number of sulfone groups is 1. The molecule has 2 unspecified atom stereocenters. The lowest BCUT2D eigenvalue weighted by Gasteiger charge is -2.38. The van der Waals surface area contributed by atoms with Gasteiger partial charge >= 0.3 is 0 Å². The van der Waals surface area contributed by atoms with Crippen LogP contribution >= 0.6 is 0 Å². The molecule has 0 aliphatic carbocycles. The number of piperazine rings is 1. The van der Waals surface area contributed by atoms with Gasteiger partial charge in [0.25, 0.3) is 0 Å². The monoisotopic (exact) mass is 234 g/mol. The van der Waals surface area contributed by atoms with Crippen molar-refractivity contribution in [2.24, 2.45) is 0 Å². The largest absolute Gasteiger partial charge is 0.311 e. The molecule has 5 heteroatoms. The first-order valence-corrected chi connectivity index (χ1v) is 7.46. The van der Waals surface area contributed by atoms with E-state index in [9.17, 15) is 8.42 Å². The van der Waals surface area contributed by atoms with Crippen LogP contribution in [-0.4, -0.2) is 56.5 Å². The zero-order valence-electron chi connectivity index (χ0n) is 9.86. The molecule has 0 saturated carbocycles. The molecule has 0 bridgehead atoms. The number of rotatable bonds is 4. The Bertz CT molecular complexity index is 290. The lowest BCUT2D eigenvalue weighted by atomic mass is 10.1. The second-order valence-corrected chi connectivity index (χ2v) is 6.73. The highest BCUT2D eigenvalue weighted by Crippen LogP contribution is 2.08. The molecule has 2 atom stereocenters. The van der Waals surface area contributed by atoms with Gasteiger partial charge in [0, 0.05) is 37.5 Å². The third-order valence-corrected chi connectivity index (χ3v) is 4.98. The number of nitrogens with zero attached hydrogens (tertiary/aromatic N) is 1. The van der Waals surface area contributed by atoms with Crippen molar-refractivity contribution >= 4 is 9.84 Å². The highest BCUT2D eigenvalue weighted by atomic mass is 32.2. The molecule has 0 aromatic heterocycles. The predicted octanol–water partition coefficient (Wildman–Crippen LogP) is 0.103. The molecule has 1 fully saturated rings. The first-order valence-electron chi connectivity index (χ1n) is 5.64. The van der Waals surface area contributed by atoms with E-state index in [4.69, 9.17) is 0 Å². The average Bonchev–Trinajstić information content (AvgIpc) is 2.20. The summed E-state index contributed by atoms with van der Waals surface area (Å²) in [4.78, 5) is 2.26. The van der Waals surface area contributed by atoms with Crippen LogP contribution in [0.15, 0.2) is 0 Å². The van der Waals surface area contributed by atoms with Crippen molar-refractivity contribution < 1.29 is 8.42 Å². The van der Waals surface area contributed by atoms with E-state index in [1.54, 1.807) is 6.92 Å². The first-order chi connectivity index (χ1) is 6.96. The number of hydrogen-bond donors (Lipinski definition) is 1. The topological polar surface area (TPSA) is 49.4 Å². The van der Waals surface area contributed by atoms with Gasteiger partial charge in [0.15, 0.2) is 9.84 Å². The zero-order valence-corrected chi connectivity index (χ0v) is 10.7. The van der Waals surface area contributed by atoms with Crippen LogP contribution in [0.2, 0.25) is 0 Å². The normalized spacial score (nSPS) is 29.3. The van der Waals surface area contributed by atoms with Crippen LogP contribution in [0.1, 0.15) is 20.8 Å². The molecule has 1 saturated heterocycles. The van der Waals surface area contributed by atoms with Gasteiger partial charge in [-0.2, -0.15) is 0 Å². The Morgan fingerprint density at radius 2 is 2.07 bits per heavy atom. The minimum absolute atomic E-state index is 0.253. The summed E-state index contributed by atoms with van der Waals surface area (Å²) in [6.45, 7) is 8.57. The van der Waals surface area contributed by atoms with Crippen LogP contribution in [0.4, 0.5) is 0 Å². The van der Waals surface area contributed by atoms with E-state index >= 15 is 0 Å². The molecule has 1 aliphatic heterocycles. The Morgan fingerprint density at radius 1 is 1.40 bits per heavy atom. The predicted molar refractivity (Wildman–Crippen MR) is 62.8 cm³/mol. The summed E-state index contributed by atoms with van der Waals surface area (Å²) >= 11 is 0. The Morgan fingerprint density at radius 3 is 2.67 bits per heavy atom. The van der Waals surface area contributed by atoms with Crippen LogP contribution in [-0.2, 0) is 9.84 Å². The first kappa shape index (κ1) is 12.9. The lowest BCUT2D eigenvalue weighted by Crippen LogP contribution is -2.56. The molecule has 90 valence electrons. The third-order valence-electron chi connectivity index (χ3n) is 3.29. The van der Waals surface area contributed by atoms with E-state index in [1.807, 2.05) is 0 Å². The second kappa shape index (κ2) is 5.27. The Balaban J connectivity index is 2.44. The van der Waals surface area contributed by atoms with Crippen molar-refractivity contribution in [2.45, 2.75) is 32.9 Å². The van der Waals surface area contributed by atoms with Crippen LogP contribution in [0.25, 0.3) is 0 Å². The van der Waals surface area contributed by atoms with Crippen molar-refractivity contribution in [2.75, 3.05) is 31.1 Å². The van der Waals surface area contributed by atoms with Crippen molar-refractivity contribution in [1.82, 2.24) is 10.2 Å². The molecule has 1 heterocycles. The fourth-order valence-electron chi connectivity index (χ4n) is 1.84. The quantitative estimate of drug-likeness (QED) is 0.750. The average molecular weight is 234 g/mol. The highest BCUT2D eigenvalue weighted by molar-refractivity contribution is 7.91. The van der Waals surface area contributed by atoms with Crippen LogP contribution < -0.4 is 5.32 Å². The van der Waals surface area contributed by atoms with Gasteiger partial charge in [-0.05, 0) is 13.8 Å². The van der Waals surface area contributed by atoms with Gasteiger partial charge < -0.3 is 5.32 Å². The van der Waals surface area contributed by atoms with Crippen LogP contribution in [0.3, 0.4) is 0 Å². The lowest BCUT2D eigenvalue weighted by molar-refractivity contribution is 0.146. The van der Waals surface area contributed by atoms with E-state index in [2.05, 4.69) is 24.1 Å². The molecular weight excluding hydrogens is 212 g/mol. The number of hydrogen-bond acceptors (Lipinski definition) is 4. The van der Waals surface area contributed by atoms with Gasteiger partial charge in [0.1, 0.15) is 0 Å². The molecule has 0 aromatic rings. The molecule has 1 rings (SSSR count). The van der Waals surface area contributed by atoms with E-state index in [0.29, 0.717) is 24.4 Å². The molecule has 4 nitrogen and oxygen atoms in total. The van der Waals surface area contributed by atoms with Gasteiger partial charge in [-0.25, -0.2) is 8.42 Å². The fraction of sp³-hybridized carbons (Fsp3) is 1.00. The van der Waals surface area contributed by atoms with Crippen molar-refractivity contribution in [3.63, 3.8) is 0 Å². The van der Waals surface area contributed by atoms with Crippen LogP contribution in [0.5, 0.6) is 0 Å². The second-order valence-electron chi connectivity index (χ2n) is 4.26. The highest BCUT2D eigenvalue weighted by Gasteiger charge is 2.24. The minimum Gasteiger partial charge on any atom is -0.311 e. The molecular formula is C10H22N2O2S. The maximum absolute atomic E-state index is 11.4. The molecule has 0 amide bonds. The number of nitrogens with one attached hydrogen (secondary N) is 1. The van der Waals surface area contributed by atoms with Crippen molar-refractivity contribution in [3.8, 4) is 0 Å². The summed E-state index contributed by atoms with van der Waals surface area (Å²) in [6.07, 6.45) is 0. The van der Waals surface area contributed by atoms with Crippen molar-refractivity contribution in [3.05, 3.63) is 0 Å². The van der Waals surface area contributed by atoms with E-state index in [-0.39, 0.29) is 5.75 Å². The summed E-state index contributed by atoms with van der Waals surface area (Å²) in [5, 5.41) is 3.38. The van der Waals surface area contributed by atoms with Gasteiger partial charge in [0.2, 0.25) is 0 Å². The van der Waals surface area contributed by atoms with E-state index in [0.717, 1.165) is 13.1 Å². The maximum Gasteiger partial charge on any atom is 0.151 e. The van der Waals surface area contributed by atoms with Gasteiger partial charge in [-0.15, -0.1) is 0 Å². The summed E-state index contributed by atoms with van der Waals surface area (Å²) in [6, 6.07) is 0.869. The van der Waals surface area contributed by atoms with Crippen LogP contribution in [0, 0.1) is 0 Å². The van der Waals surface area contributed by atoms with E-state index < -0.39 is 9.84 Å².